The molecule has 9 aromatic rings. The number of hydrogen-bond acceptors (Lipinski definition) is 35. The molecule has 0 spiro atoms. The van der Waals surface area contributed by atoms with E-state index in [1.165, 1.54) is 65.0 Å². The van der Waals surface area contributed by atoms with Gasteiger partial charge in [0.15, 0.2) is 24.1 Å². The average molecular weight is 1610 g/mol. The molecule has 4 saturated heterocycles. The summed E-state index contributed by atoms with van der Waals surface area (Å²) in [6.07, 6.45) is 0.726. The third kappa shape index (κ3) is 27.5. The largest absolute Gasteiger partial charge is 1.00 e. The maximum atomic E-state index is 13.5. The van der Waals surface area contributed by atoms with Crippen LogP contribution >= 0.6 is 0 Å². The fraction of sp³-hybridized carbons (Fsp3) is 0.235. The fourth-order valence-electron chi connectivity index (χ4n) is 9.95. The predicted molar refractivity (Wildman–Crippen MR) is 394 cm³/mol. The number of aliphatic hydroxyl groups is 2. The van der Waals surface area contributed by atoms with E-state index >= 15 is 0 Å². The molecule has 4 atom stereocenters. The molecule has 11 heterocycles. The molecule has 4 fully saturated rings. The van der Waals surface area contributed by atoms with Crippen molar-refractivity contribution in [3.05, 3.63) is 178 Å². The number of nitrogens with zero attached hydrogens (tertiary/aromatic N) is 13. The van der Waals surface area contributed by atoms with Gasteiger partial charge in [-0.3, -0.25) is 82.7 Å². The minimum Gasteiger partial charge on any atom is -1.00 e. The van der Waals surface area contributed by atoms with Crippen molar-refractivity contribution in [2.24, 2.45) is 16.6 Å². The number of carbonyl (C=O) groups is 8. The van der Waals surface area contributed by atoms with E-state index < -0.39 is 65.5 Å². The van der Waals surface area contributed by atoms with Crippen LogP contribution in [0.5, 0.6) is 0 Å². The molecule has 4 aliphatic rings. The zero-order chi connectivity index (χ0) is 82.1. The van der Waals surface area contributed by atoms with Crippen molar-refractivity contribution in [2.75, 3.05) is 120 Å². The van der Waals surface area contributed by atoms with Crippen LogP contribution in [0, 0.1) is 16.7 Å². The number of nitrogens with two attached hydrogens (primary N) is 5. The topological polar surface area (TPSA) is 685 Å². The second-order valence-electron chi connectivity index (χ2n) is 22.6. The number of aromatic amines is 2. The van der Waals surface area contributed by atoms with E-state index in [0.717, 1.165) is 14.0 Å². The van der Waals surface area contributed by atoms with Gasteiger partial charge in [0, 0.05) is 63.0 Å². The Kier molecular flexibility index (Phi) is 37.8. The maximum absolute atomic E-state index is 13.5. The normalized spacial score (nSPS) is 15.3. The van der Waals surface area contributed by atoms with Gasteiger partial charge in [0.05, 0.1) is 85.8 Å². The Balaban J connectivity index is 0.000000331. The van der Waals surface area contributed by atoms with Crippen molar-refractivity contribution in [1.29, 1.82) is 10.7 Å². The molecule has 0 saturated carbocycles. The zero-order valence-electron chi connectivity index (χ0n) is 62.5. The van der Waals surface area contributed by atoms with Crippen LogP contribution < -0.4 is 135 Å². The van der Waals surface area contributed by atoms with Crippen LogP contribution in [0.4, 0.5) is 51.2 Å². The Morgan fingerprint density at radius 1 is 0.635 bits per heavy atom. The number of carbonyl (C=O) groups excluding carboxylic acids is 8. The van der Waals surface area contributed by atoms with Crippen molar-refractivity contribution >= 4 is 111 Å². The molecule has 0 unspecified atom stereocenters. The first kappa shape index (κ1) is 92.8. The molecule has 0 aliphatic carbocycles. The Labute approximate surface area is 695 Å². The number of aliphatic hydroxyl groups excluding tert-OH is 2. The third-order valence-corrected chi connectivity index (χ3v) is 15.1. The number of rotatable bonds is 16. The molecule has 47 heteroatoms. The molecule has 594 valence electrons. The van der Waals surface area contributed by atoms with Gasteiger partial charge in [-0.15, -0.1) is 0 Å². The summed E-state index contributed by atoms with van der Waals surface area (Å²) in [4.78, 5) is 152. The summed E-state index contributed by atoms with van der Waals surface area (Å²) >= 11 is 0. The molecule has 45 nitrogen and oxygen atoms in total. The van der Waals surface area contributed by atoms with Crippen LogP contribution in [0.15, 0.2) is 164 Å². The Morgan fingerprint density at radius 2 is 1.06 bits per heavy atom. The number of H-pyrrole nitrogens is 2. The number of ether oxygens (including phenoxy) is 5. The number of benzene rings is 2. The van der Waals surface area contributed by atoms with Gasteiger partial charge in [-0.05, 0) is 97.1 Å². The number of oxime groups is 1. The Morgan fingerprint density at radius 3 is 1.46 bits per heavy atom. The fourth-order valence-corrected chi connectivity index (χ4v) is 9.95. The maximum Gasteiger partial charge on any atom is 1.00 e. The first-order valence-electron chi connectivity index (χ1n) is 32.8. The summed E-state index contributed by atoms with van der Waals surface area (Å²) in [5.41, 5.74) is 32.9. The molecular weight excluding hydrogens is 1540 g/mol. The van der Waals surface area contributed by atoms with E-state index in [1.54, 1.807) is 94.7 Å². The van der Waals surface area contributed by atoms with Gasteiger partial charge in [0.1, 0.15) is 53.6 Å². The van der Waals surface area contributed by atoms with Crippen LogP contribution in [-0.4, -0.2) is 218 Å². The van der Waals surface area contributed by atoms with Crippen molar-refractivity contribution in [1.82, 2.24) is 45.2 Å². The molecule has 0 radical (unpaired) electrons. The number of nitrogens with one attached hydrogen (secondary N) is 5. The summed E-state index contributed by atoms with van der Waals surface area (Å²) in [5.74, 6) is -5.18. The van der Waals surface area contributed by atoms with E-state index in [2.05, 4.69) is 74.9 Å². The number of aromatic nitrogens is 9. The quantitative estimate of drug-likeness (QED) is 0.00624. The van der Waals surface area contributed by atoms with Crippen molar-refractivity contribution in [3.63, 3.8) is 0 Å². The molecule has 2 aromatic carbocycles. The number of nitriles is 1. The van der Waals surface area contributed by atoms with E-state index in [9.17, 15) is 48.3 Å². The molecule has 18 N–H and O–H groups in total. The molecule has 4 aliphatic heterocycles. The van der Waals surface area contributed by atoms with Gasteiger partial charge in [0.2, 0.25) is 17.8 Å². The van der Waals surface area contributed by atoms with Crippen LogP contribution in [0.2, 0.25) is 0 Å². The van der Waals surface area contributed by atoms with Gasteiger partial charge in [-0.1, -0.05) is 27.6 Å². The minimum atomic E-state index is -1.77. The third-order valence-electron chi connectivity index (χ3n) is 15.1. The van der Waals surface area contributed by atoms with Crippen molar-refractivity contribution in [2.45, 2.75) is 31.3 Å². The molecule has 115 heavy (non-hydrogen) atoms. The SMILES string of the molecule is CC(=O)O[C@@H](C(=O)Nc1ccc(-c2noc(=O)[nH]2)nc1)[C@H]1OCCN(c2cccc(N3CCOCC3=O)c2)C1=O.CO.N#Cc1ccc(N)cn1.N=C(N)c1ccc(NC(=O)[C@H](O)[C@H]2OCCN(c3cccc(N4CCOCC4=O)c3)C2=O)cn1.NC(=NO)c1ccc(N)cn1.Nc1ccc(-c2noc(=O)[nH]2)nc1.O=CO[O-].[H-].[Na+].[Na+]. The van der Waals surface area contributed by atoms with Crippen LogP contribution in [0.1, 0.15) is 25.4 Å². The Bertz CT molecular complexity index is 4930. The first-order valence-corrected chi connectivity index (χ1v) is 32.8. The first-order chi connectivity index (χ1) is 54.4. The summed E-state index contributed by atoms with van der Waals surface area (Å²) in [6, 6.07) is 31.3. The number of anilines is 9. The average Bonchev–Trinajstić information content (AvgIpc) is 0.869. The van der Waals surface area contributed by atoms with E-state index in [0.29, 0.717) is 89.0 Å². The van der Waals surface area contributed by atoms with Gasteiger partial charge in [0.25, 0.3) is 41.9 Å². The zero-order valence-corrected chi connectivity index (χ0v) is 65.5. The smallest absolute Gasteiger partial charge is 1.00 e. The van der Waals surface area contributed by atoms with Crippen LogP contribution in [0.25, 0.3) is 23.0 Å². The van der Waals surface area contributed by atoms with Gasteiger partial charge < -0.3 is 110 Å². The van der Waals surface area contributed by atoms with Crippen molar-refractivity contribution < 1.29 is 157 Å². The number of esters is 1. The van der Waals surface area contributed by atoms with Gasteiger partial charge in [-0.25, -0.2) is 14.6 Å². The summed E-state index contributed by atoms with van der Waals surface area (Å²) in [7, 11) is 1.00. The van der Waals surface area contributed by atoms with Gasteiger partial charge >= 0.3 is 76.6 Å². The van der Waals surface area contributed by atoms with Crippen molar-refractivity contribution in [3.8, 4) is 29.1 Å². The number of nitrogen functional groups attached to an aromatic ring is 4. The molecule has 0 bridgehead atoms. The number of amides is 6. The Hall–Kier alpha value is -12.8. The number of amidine groups is 2. The van der Waals surface area contributed by atoms with Crippen LogP contribution in [-0.2, 0) is 66.9 Å². The second-order valence-corrected chi connectivity index (χ2v) is 22.6. The van der Waals surface area contributed by atoms with E-state index in [-0.39, 0.29) is 159 Å². The monoisotopic (exact) mass is 1610 g/mol. The standard InChI is InChI=1S/C25H24N6O9.C22H24N6O6.C7H6N4O2.C6H8N4O.C6H5N3.CH2O3.CH4O.2Na.H/c1-14(32)39-20(23(34)27-15-5-6-18(26-12-15)22-28-25(36)40-29-22)21-24(35)31(8-10-38-21)17-4-2-3-16(11-17)30-7-9-37-13-19(30)33;23-20(24)16-5-4-13(11-25-16)26-21(31)18(30)19-22(32)28(7-9-34-19)15-3-1-2-14(10-15)27-6-8-33-12-17(27)29;8-4-1-2-5(9-3-4)6-10-7(12)13-11-6;7-4-1-2-5(9-3-4)6(8)10-11;7-3-6-2-1-5(8)4-9-6;2-1-4-3;1-2;;;/h2-6,11-12,20-21H,7-10,13H2,1H3,(H,27,34)(H,28,29,36);1-5,10-11,18-19,30H,6-9,12H2,(H3,23,24)(H,26,31);1-3H,8H2,(H,10,11,12);1-3,11H,7H2,(H2,8,10);1-2,4H,8H2;1,3H;2H,1H3;;;/q;;;;;;;2*+1;-1/p-1/t20-,21-;18-,19-;;;;;;;;/m11......../s1. The predicted octanol–water partition coefficient (Wildman–Crippen LogP) is -7.98. The molecule has 6 amide bonds. The molecular formula is C68H73N23Na2O22. The number of morpholine rings is 4. The molecule has 13 rings (SSSR count). The second kappa shape index (κ2) is 46.9. The van der Waals surface area contributed by atoms with E-state index in [1.807, 2.05) is 6.07 Å². The summed E-state index contributed by atoms with van der Waals surface area (Å²) in [6.45, 7) is 3.08. The van der Waals surface area contributed by atoms with E-state index in [4.69, 9.17) is 83.4 Å². The summed E-state index contributed by atoms with van der Waals surface area (Å²) in [5, 5.41) is 64.7. The summed E-state index contributed by atoms with van der Waals surface area (Å²) < 4.78 is 35.4. The number of hydrogen-bond donors (Lipinski definition) is 13. The number of pyridine rings is 5. The minimum absolute atomic E-state index is 0. The molecule has 7 aromatic heterocycles. The van der Waals surface area contributed by atoms with Gasteiger partial charge in [-0.2, -0.15) is 5.26 Å². The van der Waals surface area contributed by atoms with Crippen LogP contribution in [0.3, 0.4) is 0 Å².